The molecule has 2 rings (SSSR count). The minimum Gasteiger partial charge on any atom is -0.379 e. The molecular weight excluding hydrogens is 394 g/mol. The van der Waals surface area contributed by atoms with Gasteiger partial charge in [0.1, 0.15) is 5.75 Å². The van der Waals surface area contributed by atoms with Crippen LogP contribution in [0.15, 0.2) is 24.3 Å². The van der Waals surface area contributed by atoms with Crippen LogP contribution in [0.4, 0.5) is 5.69 Å². The van der Waals surface area contributed by atoms with Crippen LogP contribution in [0.25, 0.3) is 0 Å². The number of hydrogen-bond acceptors (Lipinski definition) is 6. The number of amides is 2. The molecule has 1 aromatic carbocycles. The maximum absolute atomic E-state index is 12.2. The molecule has 0 spiro atoms. The first-order valence-electron chi connectivity index (χ1n) is 9.75. The van der Waals surface area contributed by atoms with Gasteiger partial charge in [0.25, 0.3) is 0 Å². The number of nitrogens with zero attached hydrogens (tertiary/aromatic N) is 1. The van der Waals surface area contributed by atoms with Crippen LogP contribution in [0.1, 0.15) is 32.8 Å². The maximum Gasteiger partial charge on any atom is 0.235 e. The molecule has 0 atom stereocenters. The highest BCUT2D eigenvalue weighted by Crippen LogP contribution is 2.16. The summed E-state index contributed by atoms with van der Waals surface area (Å²) >= 11 is 0. The second-order valence-electron chi connectivity index (χ2n) is 8.10. The lowest BCUT2D eigenvalue weighted by molar-refractivity contribution is -0.119. The molecule has 0 saturated carbocycles. The van der Waals surface area contributed by atoms with E-state index >= 15 is 0 Å². The summed E-state index contributed by atoms with van der Waals surface area (Å²) < 4.78 is 28.5. The Morgan fingerprint density at radius 1 is 1.14 bits per heavy atom. The third-order valence-corrected chi connectivity index (χ3v) is 7.22. The van der Waals surface area contributed by atoms with Crippen LogP contribution in [0, 0.1) is 0 Å². The molecule has 1 heterocycles. The number of carbonyl (C=O) groups excluding carboxylic acids is 2. The highest BCUT2D eigenvalue weighted by Gasteiger charge is 2.31. The predicted octanol–water partition coefficient (Wildman–Crippen LogP) is 1.18. The minimum atomic E-state index is -3.52. The van der Waals surface area contributed by atoms with Gasteiger partial charge < -0.3 is 15.4 Å². The molecule has 2 N–H and O–H groups in total. The van der Waals surface area contributed by atoms with Gasteiger partial charge in [0.05, 0.1) is 18.0 Å². The summed E-state index contributed by atoms with van der Waals surface area (Å²) in [4.78, 5) is 26.4. The third-order valence-electron chi connectivity index (χ3n) is 4.71. The number of hydrogen-bond donors (Lipinski definition) is 2. The quantitative estimate of drug-likeness (QED) is 0.648. The zero-order chi connectivity index (χ0) is 21.5. The Hall–Kier alpha value is -1.97. The molecule has 9 heteroatoms. The monoisotopic (exact) mass is 425 g/mol. The van der Waals surface area contributed by atoms with Gasteiger partial charge in [-0.3, -0.25) is 14.5 Å². The second kappa shape index (κ2) is 10.2. The number of morpholine rings is 1. The van der Waals surface area contributed by atoms with E-state index in [1.165, 1.54) is 0 Å². The molecule has 162 valence electrons. The zero-order valence-corrected chi connectivity index (χ0v) is 18.2. The standard InChI is InChI=1S/C20H31N3O5S/c1-20(2,3)29(26,27)15-19(25)21-14-16-5-4-6-17(13-16)22-18(24)7-8-23-9-11-28-12-10-23/h4-6,13H,7-12,14-15H2,1-3H3,(H,21,25)(H,22,24). The van der Waals surface area contributed by atoms with Crippen LogP contribution >= 0.6 is 0 Å². The fourth-order valence-electron chi connectivity index (χ4n) is 2.71. The Balaban J connectivity index is 1.81. The zero-order valence-electron chi connectivity index (χ0n) is 17.4. The molecule has 8 nitrogen and oxygen atoms in total. The molecule has 0 bridgehead atoms. The van der Waals surface area contributed by atoms with Crippen molar-refractivity contribution in [3.05, 3.63) is 29.8 Å². The molecule has 2 amide bonds. The van der Waals surface area contributed by atoms with Crippen molar-refractivity contribution in [1.29, 1.82) is 0 Å². The third kappa shape index (κ3) is 7.75. The molecule has 1 fully saturated rings. The van der Waals surface area contributed by atoms with Crippen LogP contribution in [0.2, 0.25) is 0 Å². The molecule has 1 aliphatic rings. The number of sulfone groups is 1. The Kier molecular flexibility index (Phi) is 8.18. The predicted molar refractivity (Wildman–Crippen MR) is 112 cm³/mol. The summed E-state index contributed by atoms with van der Waals surface area (Å²) in [7, 11) is -3.52. The van der Waals surface area contributed by atoms with Crippen LogP contribution in [0.5, 0.6) is 0 Å². The van der Waals surface area contributed by atoms with Crippen molar-refractivity contribution in [1.82, 2.24) is 10.2 Å². The van der Waals surface area contributed by atoms with Crippen molar-refractivity contribution in [2.75, 3.05) is 43.9 Å². The van der Waals surface area contributed by atoms with Gasteiger partial charge in [0.15, 0.2) is 9.84 Å². The Bertz CT molecular complexity index is 812. The van der Waals surface area contributed by atoms with E-state index in [1.54, 1.807) is 39.0 Å². The van der Waals surface area contributed by atoms with E-state index in [0.29, 0.717) is 31.9 Å². The van der Waals surface area contributed by atoms with Crippen molar-refractivity contribution < 1.29 is 22.7 Å². The molecule has 0 unspecified atom stereocenters. The van der Waals surface area contributed by atoms with Crippen molar-refractivity contribution in [3.8, 4) is 0 Å². The number of anilines is 1. The lowest BCUT2D eigenvalue weighted by Crippen LogP contribution is -2.38. The first-order valence-corrected chi connectivity index (χ1v) is 11.4. The number of rotatable bonds is 8. The van der Waals surface area contributed by atoms with Crippen LogP contribution < -0.4 is 10.6 Å². The Labute approximate surface area is 172 Å². The van der Waals surface area contributed by atoms with Crippen molar-refractivity contribution in [3.63, 3.8) is 0 Å². The van der Waals surface area contributed by atoms with Crippen molar-refractivity contribution in [2.45, 2.75) is 38.5 Å². The van der Waals surface area contributed by atoms with Gasteiger partial charge in [0.2, 0.25) is 11.8 Å². The Morgan fingerprint density at radius 2 is 1.83 bits per heavy atom. The van der Waals surface area contributed by atoms with Crippen molar-refractivity contribution >= 4 is 27.3 Å². The summed E-state index contributed by atoms with van der Waals surface area (Å²) in [6.07, 6.45) is 0.394. The van der Waals surface area contributed by atoms with E-state index < -0.39 is 26.2 Å². The van der Waals surface area contributed by atoms with E-state index in [4.69, 9.17) is 4.74 Å². The summed E-state index contributed by atoms with van der Waals surface area (Å²) in [6.45, 7) is 8.67. The van der Waals surface area contributed by atoms with E-state index in [9.17, 15) is 18.0 Å². The first-order chi connectivity index (χ1) is 13.6. The van der Waals surface area contributed by atoms with E-state index in [0.717, 1.165) is 18.7 Å². The number of nitrogens with one attached hydrogen (secondary N) is 2. The van der Waals surface area contributed by atoms with E-state index in [-0.39, 0.29) is 12.5 Å². The lowest BCUT2D eigenvalue weighted by atomic mass is 10.2. The van der Waals surface area contributed by atoms with Gasteiger partial charge in [0, 0.05) is 38.3 Å². The molecule has 1 aromatic rings. The van der Waals surface area contributed by atoms with Gasteiger partial charge in [-0.2, -0.15) is 0 Å². The lowest BCUT2D eigenvalue weighted by Gasteiger charge is -2.26. The summed E-state index contributed by atoms with van der Waals surface area (Å²) in [5, 5.41) is 5.49. The SMILES string of the molecule is CC(C)(C)S(=O)(=O)CC(=O)NCc1cccc(NC(=O)CCN2CCOCC2)c1. The second-order valence-corrected chi connectivity index (χ2v) is 10.8. The average Bonchev–Trinajstić information content (AvgIpc) is 2.65. The van der Waals surface area contributed by atoms with Gasteiger partial charge >= 0.3 is 0 Å². The first kappa shape index (κ1) is 23.3. The molecule has 0 aromatic heterocycles. The largest absolute Gasteiger partial charge is 0.379 e. The molecule has 0 aliphatic carbocycles. The summed E-state index contributed by atoms with van der Waals surface area (Å²) in [5.41, 5.74) is 1.42. The smallest absolute Gasteiger partial charge is 0.235 e. The molecule has 0 radical (unpaired) electrons. The van der Waals surface area contributed by atoms with Crippen LogP contribution in [-0.2, 0) is 30.7 Å². The average molecular weight is 426 g/mol. The summed E-state index contributed by atoms with van der Waals surface area (Å²) in [5.74, 6) is -1.16. The normalized spacial score (nSPS) is 15.7. The number of carbonyl (C=O) groups is 2. The van der Waals surface area contributed by atoms with Crippen LogP contribution in [0.3, 0.4) is 0 Å². The topological polar surface area (TPSA) is 105 Å². The maximum atomic E-state index is 12.2. The van der Waals surface area contributed by atoms with Gasteiger partial charge in [-0.05, 0) is 38.5 Å². The fourth-order valence-corrected chi connectivity index (χ4v) is 3.59. The van der Waals surface area contributed by atoms with Crippen molar-refractivity contribution in [2.24, 2.45) is 0 Å². The number of benzene rings is 1. The van der Waals surface area contributed by atoms with Gasteiger partial charge in [-0.25, -0.2) is 8.42 Å². The molecule has 29 heavy (non-hydrogen) atoms. The summed E-state index contributed by atoms with van der Waals surface area (Å²) in [6, 6.07) is 7.14. The van der Waals surface area contributed by atoms with Gasteiger partial charge in [-0.15, -0.1) is 0 Å². The van der Waals surface area contributed by atoms with E-state index in [1.807, 2.05) is 6.07 Å². The number of ether oxygens (including phenoxy) is 1. The molecular formula is C20H31N3O5S. The molecule has 1 saturated heterocycles. The Morgan fingerprint density at radius 3 is 2.48 bits per heavy atom. The highest BCUT2D eigenvalue weighted by atomic mass is 32.2. The van der Waals surface area contributed by atoms with E-state index in [2.05, 4.69) is 15.5 Å². The fraction of sp³-hybridized carbons (Fsp3) is 0.600. The molecule has 1 aliphatic heterocycles. The highest BCUT2D eigenvalue weighted by molar-refractivity contribution is 7.93. The van der Waals surface area contributed by atoms with Crippen LogP contribution in [-0.4, -0.2) is 68.5 Å². The van der Waals surface area contributed by atoms with Gasteiger partial charge in [-0.1, -0.05) is 12.1 Å². The minimum absolute atomic E-state index is 0.0750.